The Bertz CT molecular complexity index is 1080. The summed E-state index contributed by atoms with van der Waals surface area (Å²) in [6.45, 7) is 3.94. The molecule has 1 N–H and O–H groups in total. The topological polar surface area (TPSA) is 83.0 Å². The third-order valence-electron chi connectivity index (χ3n) is 4.04. The van der Waals surface area contributed by atoms with E-state index >= 15 is 0 Å². The van der Waals surface area contributed by atoms with Gasteiger partial charge in [0.15, 0.2) is 0 Å². The molecule has 128 valence electrons. The molecule has 3 rings (SSSR count). The van der Waals surface area contributed by atoms with Crippen molar-refractivity contribution in [3.05, 3.63) is 53.7 Å². The number of benzene rings is 2. The van der Waals surface area contributed by atoms with Crippen molar-refractivity contribution in [1.82, 2.24) is 4.98 Å². The van der Waals surface area contributed by atoms with Crippen LogP contribution in [0.1, 0.15) is 24.5 Å². The molecule has 0 radical (unpaired) electrons. The van der Waals surface area contributed by atoms with Crippen LogP contribution >= 0.6 is 0 Å². The Kier molecular flexibility index (Phi) is 4.62. The maximum absolute atomic E-state index is 12.3. The Morgan fingerprint density at radius 3 is 2.68 bits per heavy atom. The van der Waals surface area contributed by atoms with Crippen molar-refractivity contribution >= 4 is 21.0 Å². The first-order valence-corrected chi connectivity index (χ1v) is 9.39. The molecule has 6 heteroatoms. The van der Waals surface area contributed by atoms with E-state index in [9.17, 15) is 8.42 Å². The van der Waals surface area contributed by atoms with Gasteiger partial charge in [0.05, 0.1) is 23.1 Å². The third kappa shape index (κ3) is 3.29. The second-order valence-corrected chi connectivity index (χ2v) is 7.44. The molecule has 0 saturated heterocycles. The van der Waals surface area contributed by atoms with Crippen LogP contribution < -0.4 is 0 Å². The number of aryl methyl sites for hydroxylation is 1. The van der Waals surface area contributed by atoms with Crippen molar-refractivity contribution in [3.63, 3.8) is 0 Å². The lowest BCUT2D eigenvalue weighted by molar-refractivity contribution is 0.318. The number of hydrogen-bond donors (Lipinski definition) is 1. The number of nitrogens with zero attached hydrogens (tertiary/aromatic N) is 1. The van der Waals surface area contributed by atoms with Crippen LogP contribution in [-0.2, 0) is 14.3 Å². The highest BCUT2D eigenvalue weighted by Gasteiger charge is 2.18. The number of aromatic nitrogens is 1. The maximum Gasteiger partial charge on any atom is 0.296 e. The van der Waals surface area contributed by atoms with Crippen LogP contribution in [0, 0.1) is 18.3 Å². The van der Waals surface area contributed by atoms with Gasteiger partial charge in [0.2, 0.25) is 0 Å². The zero-order valence-electron chi connectivity index (χ0n) is 14.0. The van der Waals surface area contributed by atoms with Crippen LogP contribution in [0.2, 0.25) is 0 Å². The fraction of sp³-hybridized carbons (Fsp3) is 0.211. The molecule has 0 saturated carbocycles. The van der Waals surface area contributed by atoms with E-state index in [1.807, 2.05) is 26.1 Å². The molecule has 5 nitrogen and oxygen atoms in total. The Balaban J connectivity index is 2.15. The number of nitrogens with one attached hydrogen (secondary N) is 1. The summed E-state index contributed by atoms with van der Waals surface area (Å²) in [5, 5.41) is 10.0. The van der Waals surface area contributed by atoms with Crippen LogP contribution in [0.15, 0.2) is 47.5 Å². The summed E-state index contributed by atoms with van der Waals surface area (Å²) in [7, 11) is -3.78. The Morgan fingerprint density at radius 1 is 1.16 bits per heavy atom. The van der Waals surface area contributed by atoms with Gasteiger partial charge in [0.25, 0.3) is 10.1 Å². The van der Waals surface area contributed by atoms with Crippen molar-refractivity contribution in [2.45, 2.75) is 25.2 Å². The molecule has 1 aromatic heterocycles. The van der Waals surface area contributed by atoms with E-state index in [4.69, 9.17) is 9.44 Å². The molecule has 0 fully saturated rings. The lowest BCUT2D eigenvalue weighted by Crippen LogP contribution is -2.07. The lowest BCUT2D eigenvalue weighted by atomic mass is 9.99. The van der Waals surface area contributed by atoms with E-state index in [-0.39, 0.29) is 11.5 Å². The van der Waals surface area contributed by atoms with Gasteiger partial charge in [-0.05, 0) is 54.8 Å². The average molecular weight is 354 g/mol. The number of hydrogen-bond acceptors (Lipinski definition) is 4. The van der Waals surface area contributed by atoms with E-state index in [2.05, 4.69) is 11.1 Å². The highest BCUT2D eigenvalue weighted by molar-refractivity contribution is 7.86. The van der Waals surface area contributed by atoms with E-state index < -0.39 is 10.1 Å². The van der Waals surface area contributed by atoms with Gasteiger partial charge in [0, 0.05) is 22.7 Å². The molecule has 0 unspecified atom stereocenters. The first-order chi connectivity index (χ1) is 12.0. The normalized spacial score (nSPS) is 11.6. The highest BCUT2D eigenvalue weighted by Crippen LogP contribution is 2.33. The number of rotatable bonds is 5. The van der Waals surface area contributed by atoms with Gasteiger partial charge in [0.1, 0.15) is 0 Å². The molecule has 0 amide bonds. The summed E-state index contributed by atoms with van der Waals surface area (Å²) in [5.74, 6) is 0. The Hall–Kier alpha value is -2.62. The van der Waals surface area contributed by atoms with Gasteiger partial charge in [-0.2, -0.15) is 13.7 Å². The van der Waals surface area contributed by atoms with Crippen molar-refractivity contribution in [1.29, 1.82) is 5.26 Å². The summed E-state index contributed by atoms with van der Waals surface area (Å²) < 4.78 is 29.7. The Morgan fingerprint density at radius 2 is 1.96 bits per heavy atom. The predicted octanol–water partition coefficient (Wildman–Crippen LogP) is 4.13. The molecule has 0 aliphatic carbocycles. The summed E-state index contributed by atoms with van der Waals surface area (Å²) >= 11 is 0. The van der Waals surface area contributed by atoms with Crippen molar-refractivity contribution < 1.29 is 12.6 Å². The fourth-order valence-corrected chi connectivity index (χ4v) is 3.74. The molecule has 0 aliphatic heterocycles. The SMILES string of the molecule is CCCOS(=O)(=O)c1ccc(C)c(-c2c[nH]c3ccc(C#N)cc23)c1. The summed E-state index contributed by atoms with van der Waals surface area (Å²) in [6.07, 6.45) is 2.45. The zero-order chi connectivity index (χ0) is 18.0. The lowest BCUT2D eigenvalue weighted by Gasteiger charge is -2.09. The number of aromatic amines is 1. The van der Waals surface area contributed by atoms with Gasteiger partial charge in [-0.15, -0.1) is 0 Å². The molecule has 2 aromatic carbocycles. The summed E-state index contributed by atoms with van der Waals surface area (Å²) in [4.78, 5) is 3.30. The second kappa shape index (κ2) is 6.71. The number of H-pyrrole nitrogens is 1. The van der Waals surface area contributed by atoms with Gasteiger partial charge >= 0.3 is 0 Å². The quantitative estimate of drug-likeness (QED) is 0.698. The number of nitriles is 1. The zero-order valence-corrected chi connectivity index (χ0v) is 14.9. The van der Waals surface area contributed by atoms with Gasteiger partial charge < -0.3 is 4.98 Å². The minimum Gasteiger partial charge on any atom is -0.361 e. The maximum atomic E-state index is 12.3. The van der Waals surface area contributed by atoms with E-state index in [0.717, 1.165) is 27.6 Å². The minimum absolute atomic E-state index is 0.132. The molecule has 0 bridgehead atoms. The first-order valence-electron chi connectivity index (χ1n) is 7.98. The second-order valence-electron chi connectivity index (χ2n) is 5.83. The van der Waals surface area contributed by atoms with Gasteiger partial charge in [-0.1, -0.05) is 13.0 Å². The molecular formula is C19H18N2O3S. The molecule has 0 atom stereocenters. The number of fused-ring (bicyclic) bond motifs is 1. The van der Waals surface area contributed by atoms with Crippen molar-refractivity contribution in [3.8, 4) is 17.2 Å². The molecule has 1 heterocycles. The molecule has 0 spiro atoms. The van der Waals surface area contributed by atoms with E-state index in [1.54, 1.807) is 30.3 Å². The van der Waals surface area contributed by atoms with Crippen molar-refractivity contribution in [2.75, 3.05) is 6.61 Å². The van der Waals surface area contributed by atoms with Crippen LogP contribution in [0.25, 0.3) is 22.0 Å². The molecular weight excluding hydrogens is 336 g/mol. The van der Waals surface area contributed by atoms with E-state index in [0.29, 0.717) is 12.0 Å². The van der Waals surface area contributed by atoms with Gasteiger partial charge in [-0.3, -0.25) is 4.18 Å². The minimum atomic E-state index is -3.78. The molecule has 25 heavy (non-hydrogen) atoms. The van der Waals surface area contributed by atoms with Crippen LogP contribution in [0.5, 0.6) is 0 Å². The van der Waals surface area contributed by atoms with Gasteiger partial charge in [-0.25, -0.2) is 0 Å². The van der Waals surface area contributed by atoms with Crippen LogP contribution in [0.4, 0.5) is 0 Å². The van der Waals surface area contributed by atoms with Crippen LogP contribution in [0.3, 0.4) is 0 Å². The standard InChI is InChI=1S/C19H18N2O3S/c1-3-8-24-25(22,23)15-6-4-13(2)16(10-15)18-12-21-19-7-5-14(11-20)9-17(18)19/h4-7,9-10,12,21H,3,8H2,1-2H3. The fourth-order valence-electron chi connectivity index (χ4n) is 2.72. The first kappa shape index (κ1) is 17.2. The molecule has 3 aromatic rings. The van der Waals surface area contributed by atoms with Crippen molar-refractivity contribution in [2.24, 2.45) is 0 Å². The predicted molar refractivity (Wildman–Crippen MR) is 96.6 cm³/mol. The third-order valence-corrected chi connectivity index (χ3v) is 5.35. The Labute approximate surface area is 147 Å². The largest absolute Gasteiger partial charge is 0.361 e. The van der Waals surface area contributed by atoms with E-state index in [1.165, 1.54) is 0 Å². The smallest absolute Gasteiger partial charge is 0.296 e. The van der Waals surface area contributed by atoms with Crippen LogP contribution in [-0.4, -0.2) is 20.0 Å². The summed E-state index contributed by atoms with van der Waals surface area (Å²) in [5.41, 5.74) is 4.04. The monoisotopic (exact) mass is 354 g/mol. The molecule has 0 aliphatic rings. The average Bonchev–Trinajstić information content (AvgIpc) is 3.03. The summed E-state index contributed by atoms with van der Waals surface area (Å²) in [6, 6.07) is 12.5. The highest BCUT2D eigenvalue weighted by atomic mass is 32.2.